The number of aromatic nitrogens is 4. The molecule has 1 atom stereocenters. The molecule has 0 bridgehead atoms. The van der Waals surface area contributed by atoms with Gasteiger partial charge in [0.15, 0.2) is 0 Å². The van der Waals surface area contributed by atoms with Crippen LogP contribution in [-0.4, -0.2) is 31.9 Å². The molecule has 0 unspecified atom stereocenters. The molecule has 0 radical (unpaired) electrons. The van der Waals surface area contributed by atoms with Gasteiger partial charge in [0.2, 0.25) is 5.65 Å². The van der Waals surface area contributed by atoms with Crippen LogP contribution in [0.1, 0.15) is 51.7 Å². The fourth-order valence-corrected chi connectivity index (χ4v) is 3.42. The summed E-state index contributed by atoms with van der Waals surface area (Å²) < 4.78 is 1.80. The lowest BCUT2D eigenvalue weighted by atomic mass is 10.0. The van der Waals surface area contributed by atoms with Crippen LogP contribution in [0, 0.1) is 6.92 Å². The summed E-state index contributed by atoms with van der Waals surface area (Å²) in [7, 11) is 0. The van der Waals surface area contributed by atoms with Gasteiger partial charge in [-0.05, 0) is 56.2 Å². The van der Waals surface area contributed by atoms with E-state index in [0.29, 0.717) is 28.3 Å². The molecule has 4 rings (SSSR count). The molecule has 32 heavy (non-hydrogen) atoms. The van der Waals surface area contributed by atoms with Gasteiger partial charge in [0.1, 0.15) is 17.6 Å². The Bertz CT molecular complexity index is 1300. The van der Waals surface area contributed by atoms with Gasteiger partial charge in [-0.2, -0.15) is 5.10 Å². The van der Waals surface area contributed by atoms with Crippen molar-refractivity contribution >= 4 is 34.9 Å². The Morgan fingerprint density at radius 2 is 2.06 bits per heavy atom. The van der Waals surface area contributed by atoms with E-state index >= 15 is 0 Å². The number of fused-ring (bicyclic) bond motifs is 1. The first-order chi connectivity index (χ1) is 15.5. The number of rotatable bonds is 7. The molecule has 162 valence electrons. The first-order valence-electron chi connectivity index (χ1n) is 10.4. The Labute approximate surface area is 185 Å². The highest BCUT2D eigenvalue weighted by Gasteiger charge is 2.12. The quantitative estimate of drug-likeness (QED) is 0.423. The van der Waals surface area contributed by atoms with Gasteiger partial charge >= 0.3 is 0 Å². The Morgan fingerprint density at radius 1 is 1.22 bits per heavy atom. The van der Waals surface area contributed by atoms with E-state index in [-0.39, 0.29) is 11.9 Å². The minimum absolute atomic E-state index is 0.0685. The van der Waals surface area contributed by atoms with Crippen molar-refractivity contribution in [3.05, 3.63) is 77.1 Å². The first kappa shape index (κ1) is 21.2. The summed E-state index contributed by atoms with van der Waals surface area (Å²) in [5.74, 6) is 0.401. The third-order valence-corrected chi connectivity index (χ3v) is 5.27. The lowest BCUT2D eigenvalue weighted by molar-refractivity contribution is 0.102. The molecule has 8 heteroatoms. The molecule has 0 fully saturated rings. The molecule has 2 N–H and O–H groups in total. The Kier molecular flexibility index (Phi) is 5.93. The van der Waals surface area contributed by atoms with Crippen LogP contribution in [0.5, 0.6) is 0 Å². The summed E-state index contributed by atoms with van der Waals surface area (Å²) in [6.45, 7) is 6.59. The molecule has 1 amide bonds. The number of aldehydes is 1. The van der Waals surface area contributed by atoms with Crippen molar-refractivity contribution in [3.63, 3.8) is 0 Å². The van der Waals surface area contributed by atoms with Crippen molar-refractivity contribution in [1.29, 1.82) is 0 Å². The number of hydrogen-bond acceptors (Lipinski definition) is 6. The van der Waals surface area contributed by atoms with Crippen LogP contribution < -0.4 is 10.6 Å². The van der Waals surface area contributed by atoms with Crippen molar-refractivity contribution in [2.24, 2.45) is 0 Å². The Morgan fingerprint density at radius 3 is 2.81 bits per heavy atom. The van der Waals surface area contributed by atoms with Gasteiger partial charge < -0.3 is 10.6 Å². The second-order valence-corrected chi connectivity index (χ2v) is 7.58. The third-order valence-electron chi connectivity index (χ3n) is 5.27. The average Bonchev–Trinajstić information content (AvgIpc) is 3.21. The number of carbonyl (C=O) groups excluding carboxylic acids is 2. The van der Waals surface area contributed by atoms with E-state index in [1.165, 1.54) is 0 Å². The van der Waals surface area contributed by atoms with Gasteiger partial charge in [-0.25, -0.2) is 9.97 Å². The van der Waals surface area contributed by atoms with Crippen molar-refractivity contribution in [3.8, 4) is 0 Å². The molecule has 0 aliphatic carbocycles. The zero-order chi connectivity index (χ0) is 22.7. The van der Waals surface area contributed by atoms with Crippen molar-refractivity contribution < 1.29 is 9.59 Å². The lowest BCUT2D eigenvalue weighted by Crippen LogP contribution is -2.13. The number of aryl methyl sites for hydroxylation is 2. The van der Waals surface area contributed by atoms with E-state index in [1.54, 1.807) is 36.0 Å². The van der Waals surface area contributed by atoms with E-state index in [9.17, 15) is 9.59 Å². The number of amides is 1. The van der Waals surface area contributed by atoms with Gasteiger partial charge in [-0.1, -0.05) is 18.2 Å². The summed E-state index contributed by atoms with van der Waals surface area (Å²) in [6, 6.07) is 12.6. The van der Waals surface area contributed by atoms with E-state index < -0.39 is 0 Å². The molecule has 0 saturated carbocycles. The highest BCUT2D eigenvalue weighted by Crippen LogP contribution is 2.22. The SMILES string of the molecule is CCn1cc2ncc(N[C@@H](C)c3cccc(NC(=O)c4ccc(C=O)c(C)c4)c3)nc2n1. The lowest BCUT2D eigenvalue weighted by Gasteiger charge is -2.16. The summed E-state index contributed by atoms with van der Waals surface area (Å²) in [6.07, 6.45) is 4.35. The zero-order valence-electron chi connectivity index (χ0n) is 18.2. The largest absolute Gasteiger partial charge is 0.362 e. The van der Waals surface area contributed by atoms with Gasteiger partial charge in [0.05, 0.1) is 18.4 Å². The van der Waals surface area contributed by atoms with Gasteiger partial charge in [-0.3, -0.25) is 14.3 Å². The monoisotopic (exact) mass is 428 g/mol. The fraction of sp³-hybridized carbons (Fsp3) is 0.208. The van der Waals surface area contributed by atoms with E-state index in [4.69, 9.17) is 0 Å². The topological polar surface area (TPSA) is 102 Å². The summed E-state index contributed by atoms with van der Waals surface area (Å²) in [5.41, 5.74) is 4.86. The van der Waals surface area contributed by atoms with Crippen LogP contribution in [-0.2, 0) is 6.54 Å². The second kappa shape index (κ2) is 8.97. The summed E-state index contributed by atoms with van der Waals surface area (Å²) in [4.78, 5) is 32.6. The number of benzene rings is 2. The Balaban J connectivity index is 1.47. The fourth-order valence-electron chi connectivity index (χ4n) is 3.42. The predicted octanol–water partition coefficient (Wildman–Crippen LogP) is 4.39. The van der Waals surface area contributed by atoms with Gasteiger partial charge in [-0.15, -0.1) is 0 Å². The zero-order valence-corrected chi connectivity index (χ0v) is 18.2. The minimum Gasteiger partial charge on any atom is -0.362 e. The smallest absolute Gasteiger partial charge is 0.255 e. The number of nitrogens with zero attached hydrogens (tertiary/aromatic N) is 4. The number of anilines is 2. The molecule has 2 aromatic heterocycles. The van der Waals surface area contributed by atoms with Crippen LogP contribution in [0.15, 0.2) is 54.9 Å². The molecule has 4 aromatic rings. The van der Waals surface area contributed by atoms with Crippen LogP contribution >= 0.6 is 0 Å². The number of hydrogen-bond donors (Lipinski definition) is 2. The highest BCUT2D eigenvalue weighted by molar-refractivity contribution is 6.04. The summed E-state index contributed by atoms with van der Waals surface area (Å²) >= 11 is 0. The maximum Gasteiger partial charge on any atom is 0.255 e. The molecule has 0 spiro atoms. The van der Waals surface area contributed by atoms with Crippen molar-refractivity contribution in [2.45, 2.75) is 33.4 Å². The molecular weight excluding hydrogens is 404 g/mol. The van der Waals surface area contributed by atoms with Gasteiger partial charge in [0, 0.05) is 23.4 Å². The maximum absolute atomic E-state index is 12.6. The highest BCUT2D eigenvalue weighted by atomic mass is 16.1. The normalized spacial score (nSPS) is 11.8. The van der Waals surface area contributed by atoms with Crippen molar-refractivity contribution in [2.75, 3.05) is 10.6 Å². The summed E-state index contributed by atoms with van der Waals surface area (Å²) in [5, 5.41) is 10.7. The average molecular weight is 428 g/mol. The molecule has 8 nitrogen and oxygen atoms in total. The molecule has 2 heterocycles. The van der Waals surface area contributed by atoms with Crippen molar-refractivity contribution in [1.82, 2.24) is 19.7 Å². The molecular formula is C24H24N6O2. The predicted molar refractivity (Wildman–Crippen MR) is 124 cm³/mol. The minimum atomic E-state index is -0.230. The van der Waals surface area contributed by atoms with E-state index in [1.807, 2.05) is 44.3 Å². The number of nitrogens with one attached hydrogen (secondary N) is 2. The van der Waals surface area contributed by atoms with Crippen LogP contribution in [0.25, 0.3) is 11.2 Å². The molecule has 0 aliphatic heterocycles. The third kappa shape index (κ3) is 4.49. The standard InChI is InChI=1S/C24H24N6O2/c1-4-30-13-21-23(29-30)28-22(12-25-21)26-16(3)17-6-5-7-20(11-17)27-24(32)18-8-9-19(14-31)15(2)10-18/h5-14,16H,4H2,1-3H3,(H,27,32)(H,26,28,29)/t16-/m0/s1. The maximum atomic E-state index is 12.6. The Hall–Kier alpha value is -4.07. The van der Waals surface area contributed by atoms with Crippen LogP contribution in [0.3, 0.4) is 0 Å². The van der Waals surface area contributed by atoms with E-state index in [2.05, 4.69) is 25.7 Å². The van der Waals surface area contributed by atoms with E-state index in [0.717, 1.165) is 29.5 Å². The number of carbonyl (C=O) groups is 2. The molecule has 2 aromatic carbocycles. The second-order valence-electron chi connectivity index (χ2n) is 7.58. The molecule has 0 aliphatic rings. The van der Waals surface area contributed by atoms with Gasteiger partial charge in [0.25, 0.3) is 5.91 Å². The first-order valence-corrected chi connectivity index (χ1v) is 10.4. The molecule has 0 saturated heterocycles. The van der Waals surface area contributed by atoms with Crippen LogP contribution in [0.2, 0.25) is 0 Å². The van der Waals surface area contributed by atoms with Crippen LogP contribution in [0.4, 0.5) is 11.5 Å².